The summed E-state index contributed by atoms with van der Waals surface area (Å²) in [6.07, 6.45) is 4.20. The average Bonchev–Trinajstić information content (AvgIpc) is 2.62. The molecule has 0 spiro atoms. The highest BCUT2D eigenvalue weighted by molar-refractivity contribution is 5.97. The number of benzene rings is 1. The minimum Gasteiger partial charge on any atom is -0.453 e. The Labute approximate surface area is 141 Å². The average molecular weight is 333 g/mol. The predicted octanol–water partition coefficient (Wildman–Crippen LogP) is 3.16. The lowest BCUT2D eigenvalue weighted by Crippen LogP contribution is -2.39. The van der Waals surface area contributed by atoms with Gasteiger partial charge in [-0.25, -0.2) is 9.59 Å². The zero-order chi connectivity index (χ0) is 17.5. The summed E-state index contributed by atoms with van der Waals surface area (Å²) in [6.45, 7) is 1.40. The van der Waals surface area contributed by atoms with Crippen LogP contribution >= 0.6 is 0 Å². The molecule has 1 saturated carbocycles. The molecule has 1 N–H and O–H groups in total. The highest BCUT2D eigenvalue weighted by Gasteiger charge is 2.21. The Bertz CT molecular complexity index is 590. The summed E-state index contributed by atoms with van der Waals surface area (Å²) in [5.74, 6) is -0.764. The van der Waals surface area contributed by atoms with E-state index in [9.17, 15) is 14.4 Å². The van der Waals surface area contributed by atoms with Crippen LogP contribution in [-0.4, -0.2) is 31.2 Å². The van der Waals surface area contributed by atoms with E-state index in [0.717, 1.165) is 7.11 Å². The van der Waals surface area contributed by atoms with Gasteiger partial charge in [0.1, 0.15) is 0 Å². The number of esters is 1. The van der Waals surface area contributed by atoms with Crippen molar-refractivity contribution in [2.24, 2.45) is 0 Å². The van der Waals surface area contributed by atoms with Crippen LogP contribution in [-0.2, 0) is 14.3 Å². The molecule has 2 rings (SSSR count). The molecule has 0 aromatic heterocycles. The Morgan fingerprint density at radius 2 is 1.71 bits per heavy atom. The first-order valence-electron chi connectivity index (χ1n) is 8.21. The fraction of sp³-hybridized carbons (Fsp3) is 0.500. The summed E-state index contributed by atoms with van der Waals surface area (Å²) in [5.41, 5.74) is 1.62. The van der Waals surface area contributed by atoms with Gasteiger partial charge in [0.25, 0.3) is 5.91 Å². The molecule has 1 aromatic rings. The van der Waals surface area contributed by atoms with Crippen molar-refractivity contribution < 1.29 is 23.9 Å². The number of hydrogen-bond donors (Lipinski definition) is 1. The number of alkyl carbamates (subject to hydrolysis) is 1. The molecule has 6 nitrogen and oxygen atoms in total. The first-order valence-corrected chi connectivity index (χ1v) is 8.21. The van der Waals surface area contributed by atoms with E-state index in [1.54, 1.807) is 12.1 Å². The first kappa shape index (κ1) is 18.0. The lowest BCUT2D eigenvalue weighted by molar-refractivity contribution is -0.128. The Hall–Kier alpha value is -2.37. The fourth-order valence-corrected chi connectivity index (χ4v) is 2.86. The summed E-state index contributed by atoms with van der Waals surface area (Å²) < 4.78 is 9.39. The van der Waals surface area contributed by atoms with E-state index in [1.165, 1.54) is 44.6 Å². The highest BCUT2D eigenvalue weighted by atomic mass is 16.6. The van der Waals surface area contributed by atoms with Gasteiger partial charge in [0.2, 0.25) is 0 Å². The van der Waals surface area contributed by atoms with E-state index in [2.05, 4.69) is 4.74 Å². The first-order chi connectivity index (χ1) is 11.5. The smallest absolute Gasteiger partial charge is 0.413 e. The largest absolute Gasteiger partial charge is 0.453 e. The molecule has 0 radical (unpaired) electrons. The van der Waals surface area contributed by atoms with Gasteiger partial charge in [-0.3, -0.25) is 10.1 Å². The summed E-state index contributed by atoms with van der Waals surface area (Å²) in [7, 11) is 1.15. The summed E-state index contributed by atoms with van der Waals surface area (Å²) >= 11 is 0. The lowest BCUT2D eigenvalue weighted by Gasteiger charge is -2.22. The number of carbonyl (C=O) groups is 3. The van der Waals surface area contributed by atoms with Gasteiger partial charge in [-0.05, 0) is 43.4 Å². The number of ether oxygens (including phenoxy) is 2. The maximum Gasteiger partial charge on any atom is 0.413 e. The minimum atomic E-state index is -1.09. The SMILES string of the molecule is COC(=O)NC(=O)[C@H](C)OC(=O)c1ccc(C2CCCCC2)cc1. The highest BCUT2D eigenvalue weighted by Crippen LogP contribution is 2.32. The molecule has 0 heterocycles. The van der Waals surface area contributed by atoms with Gasteiger partial charge in [0.05, 0.1) is 12.7 Å². The van der Waals surface area contributed by atoms with E-state index in [4.69, 9.17) is 4.74 Å². The van der Waals surface area contributed by atoms with Crippen molar-refractivity contribution in [2.75, 3.05) is 7.11 Å². The van der Waals surface area contributed by atoms with E-state index in [0.29, 0.717) is 11.5 Å². The Balaban J connectivity index is 1.92. The van der Waals surface area contributed by atoms with Gasteiger partial charge in [-0.2, -0.15) is 0 Å². The third-order valence-electron chi connectivity index (χ3n) is 4.29. The van der Waals surface area contributed by atoms with Crippen LogP contribution in [0, 0.1) is 0 Å². The molecule has 0 aliphatic heterocycles. The molecule has 1 aromatic carbocycles. The minimum absolute atomic E-state index is 0.382. The van der Waals surface area contributed by atoms with Crippen molar-refractivity contribution in [1.29, 1.82) is 0 Å². The number of hydrogen-bond acceptors (Lipinski definition) is 5. The summed E-state index contributed by atoms with van der Waals surface area (Å²) in [6, 6.07) is 7.34. The molecule has 1 aliphatic rings. The topological polar surface area (TPSA) is 81.7 Å². The molecule has 24 heavy (non-hydrogen) atoms. The van der Waals surface area contributed by atoms with Crippen LogP contribution in [0.1, 0.15) is 60.9 Å². The third-order valence-corrected chi connectivity index (χ3v) is 4.29. The maximum absolute atomic E-state index is 12.1. The predicted molar refractivity (Wildman–Crippen MR) is 87.7 cm³/mol. The Morgan fingerprint density at radius 3 is 2.29 bits per heavy atom. The number of imide groups is 1. The molecule has 0 saturated heterocycles. The molecular formula is C18H23NO5. The lowest BCUT2D eigenvalue weighted by atomic mass is 9.84. The van der Waals surface area contributed by atoms with Crippen LogP contribution < -0.4 is 5.32 Å². The number of methoxy groups -OCH3 is 1. The molecule has 130 valence electrons. The standard InChI is InChI=1S/C18H23NO5/c1-12(16(20)19-18(22)23-2)24-17(21)15-10-8-14(9-11-15)13-6-4-3-5-7-13/h8-13H,3-7H2,1-2H3,(H,19,20,22)/t12-/m0/s1. The quantitative estimate of drug-likeness (QED) is 0.856. The van der Waals surface area contributed by atoms with Crippen LogP contribution in [0.4, 0.5) is 4.79 Å². The van der Waals surface area contributed by atoms with Gasteiger partial charge in [0.15, 0.2) is 6.10 Å². The van der Waals surface area contributed by atoms with E-state index in [1.807, 2.05) is 17.4 Å². The van der Waals surface area contributed by atoms with Crippen molar-refractivity contribution in [3.63, 3.8) is 0 Å². The van der Waals surface area contributed by atoms with Gasteiger partial charge >= 0.3 is 12.1 Å². The Kier molecular flexibility index (Phi) is 6.35. The van der Waals surface area contributed by atoms with Crippen LogP contribution in [0.2, 0.25) is 0 Å². The van der Waals surface area contributed by atoms with Gasteiger partial charge in [-0.1, -0.05) is 31.4 Å². The number of nitrogens with one attached hydrogen (secondary N) is 1. The molecule has 1 atom stereocenters. The Morgan fingerprint density at radius 1 is 1.08 bits per heavy atom. The maximum atomic E-state index is 12.1. The van der Waals surface area contributed by atoms with Crippen molar-refractivity contribution in [2.45, 2.75) is 51.0 Å². The van der Waals surface area contributed by atoms with E-state index >= 15 is 0 Å². The van der Waals surface area contributed by atoms with Crippen molar-refractivity contribution >= 4 is 18.0 Å². The normalized spacial score (nSPS) is 16.1. The molecule has 0 unspecified atom stereocenters. The van der Waals surface area contributed by atoms with Gasteiger partial charge in [-0.15, -0.1) is 0 Å². The molecule has 1 fully saturated rings. The van der Waals surface area contributed by atoms with Crippen LogP contribution in [0.15, 0.2) is 24.3 Å². The van der Waals surface area contributed by atoms with Crippen molar-refractivity contribution in [3.8, 4) is 0 Å². The van der Waals surface area contributed by atoms with Crippen LogP contribution in [0.25, 0.3) is 0 Å². The fourth-order valence-electron chi connectivity index (χ4n) is 2.86. The number of rotatable bonds is 4. The summed E-state index contributed by atoms with van der Waals surface area (Å²) in [5, 5.41) is 1.96. The second kappa shape index (κ2) is 8.47. The van der Waals surface area contributed by atoms with Crippen LogP contribution in [0.3, 0.4) is 0 Å². The zero-order valence-electron chi connectivity index (χ0n) is 14.0. The van der Waals surface area contributed by atoms with E-state index < -0.39 is 24.1 Å². The molecule has 1 aliphatic carbocycles. The van der Waals surface area contributed by atoms with Gasteiger partial charge in [0, 0.05) is 0 Å². The molecule has 0 bridgehead atoms. The molecule has 6 heteroatoms. The molecule has 2 amide bonds. The third kappa shape index (κ3) is 4.81. The number of amides is 2. The zero-order valence-corrected chi connectivity index (χ0v) is 14.0. The second-order valence-corrected chi connectivity index (χ2v) is 5.99. The number of carbonyl (C=O) groups excluding carboxylic acids is 3. The van der Waals surface area contributed by atoms with E-state index in [-0.39, 0.29) is 0 Å². The van der Waals surface area contributed by atoms with Gasteiger partial charge < -0.3 is 9.47 Å². The van der Waals surface area contributed by atoms with Crippen molar-refractivity contribution in [1.82, 2.24) is 5.32 Å². The van der Waals surface area contributed by atoms with Crippen molar-refractivity contribution in [3.05, 3.63) is 35.4 Å². The molecular weight excluding hydrogens is 310 g/mol. The van der Waals surface area contributed by atoms with Crippen LogP contribution in [0.5, 0.6) is 0 Å². The summed E-state index contributed by atoms with van der Waals surface area (Å²) in [4.78, 5) is 34.7. The monoisotopic (exact) mass is 333 g/mol. The second-order valence-electron chi connectivity index (χ2n) is 5.99.